The van der Waals surface area contributed by atoms with Gasteiger partial charge in [0.2, 0.25) is 20.0 Å². The Morgan fingerprint density at radius 1 is 0.970 bits per heavy atom. The van der Waals surface area contributed by atoms with Gasteiger partial charge in [-0.15, -0.1) is 0 Å². The Morgan fingerprint density at radius 2 is 1.64 bits per heavy atom. The van der Waals surface area contributed by atoms with Gasteiger partial charge in [-0.05, 0) is 18.2 Å². The van der Waals surface area contributed by atoms with Crippen molar-refractivity contribution in [3.8, 4) is 0 Å². The Labute approximate surface area is 191 Å². The molecular weight excluding hydrogens is 524 g/mol. The van der Waals surface area contributed by atoms with Gasteiger partial charge in [0.25, 0.3) is 0 Å². The number of benzene rings is 1. The van der Waals surface area contributed by atoms with Crippen molar-refractivity contribution in [1.29, 1.82) is 0 Å². The van der Waals surface area contributed by atoms with Gasteiger partial charge < -0.3 is 10.1 Å². The molecular formula is C16H23F6N3O5S3. The topological polar surface area (TPSA) is 128 Å². The fraction of sp³-hybridized carbons (Fsp3) is 0.625. The molecule has 0 heterocycles. The van der Waals surface area contributed by atoms with Crippen LogP contribution in [0, 0.1) is 0 Å². The van der Waals surface area contributed by atoms with Gasteiger partial charge in [-0.25, -0.2) is 26.7 Å². The highest BCUT2D eigenvalue weighted by Gasteiger charge is 2.33. The average molecular weight is 548 g/mol. The van der Waals surface area contributed by atoms with Crippen molar-refractivity contribution in [2.45, 2.75) is 23.7 Å². The monoisotopic (exact) mass is 547 g/mol. The van der Waals surface area contributed by atoms with Crippen LogP contribution in [0.5, 0.6) is 0 Å². The van der Waals surface area contributed by atoms with Crippen LogP contribution in [0.3, 0.4) is 0 Å². The number of sulfonamides is 2. The van der Waals surface area contributed by atoms with Crippen molar-refractivity contribution >= 4 is 37.5 Å². The van der Waals surface area contributed by atoms with Crippen LogP contribution in [-0.4, -0.2) is 66.6 Å². The quantitative estimate of drug-likeness (QED) is 0.241. The van der Waals surface area contributed by atoms with Gasteiger partial charge in [0, 0.05) is 24.6 Å². The standard InChI is InChI=1S/C16H23F6N3O5S3/c17-15(18,19)3-8-31-9-5-25-33(28,29)14-11-12(16(20,21)22)1-2-13(14)24-4-6-30-7-10-32(23,26)27/h1-2,11,24-25H,3-10H2,(H2,23,26,27). The third-order valence-corrected chi connectivity index (χ3v) is 6.96. The second kappa shape index (κ2) is 12.4. The van der Waals surface area contributed by atoms with Gasteiger partial charge in [0.1, 0.15) is 4.90 Å². The van der Waals surface area contributed by atoms with Gasteiger partial charge in [-0.2, -0.15) is 38.1 Å². The number of ether oxygens (including phenoxy) is 1. The molecule has 0 aromatic heterocycles. The van der Waals surface area contributed by atoms with Crippen LogP contribution >= 0.6 is 11.8 Å². The summed E-state index contributed by atoms with van der Waals surface area (Å²) in [6, 6.07) is 2.03. The zero-order valence-electron chi connectivity index (χ0n) is 17.0. The second-order valence-corrected chi connectivity index (χ2v) is 11.2. The molecule has 0 atom stereocenters. The van der Waals surface area contributed by atoms with E-state index < -0.39 is 55.0 Å². The van der Waals surface area contributed by atoms with E-state index in [0.717, 1.165) is 17.8 Å². The van der Waals surface area contributed by atoms with Crippen molar-refractivity contribution in [2.24, 2.45) is 5.14 Å². The van der Waals surface area contributed by atoms with Gasteiger partial charge in [-0.1, -0.05) is 0 Å². The summed E-state index contributed by atoms with van der Waals surface area (Å²) in [4.78, 5) is -0.706. The number of anilines is 1. The summed E-state index contributed by atoms with van der Waals surface area (Å²) in [5.74, 6) is -0.750. The average Bonchev–Trinajstić information content (AvgIpc) is 2.64. The van der Waals surface area contributed by atoms with Crippen molar-refractivity contribution < 1.29 is 47.9 Å². The summed E-state index contributed by atoms with van der Waals surface area (Å²) in [7, 11) is -8.17. The SMILES string of the molecule is NS(=O)(=O)CCOCCNc1ccc(C(F)(F)F)cc1S(=O)(=O)NCCSCCC(F)(F)F. The van der Waals surface area contributed by atoms with Crippen LogP contribution in [0.1, 0.15) is 12.0 Å². The van der Waals surface area contributed by atoms with Crippen molar-refractivity contribution in [1.82, 2.24) is 4.72 Å². The number of nitrogens with one attached hydrogen (secondary N) is 2. The van der Waals surface area contributed by atoms with Gasteiger partial charge in [0.05, 0.1) is 36.6 Å². The van der Waals surface area contributed by atoms with Crippen LogP contribution in [-0.2, 0) is 31.0 Å². The molecule has 0 aliphatic rings. The number of halogens is 6. The van der Waals surface area contributed by atoms with E-state index >= 15 is 0 Å². The molecule has 192 valence electrons. The van der Waals surface area contributed by atoms with E-state index in [4.69, 9.17) is 9.88 Å². The minimum atomic E-state index is -4.81. The maximum Gasteiger partial charge on any atom is 0.416 e. The molecule has 0 bridgehead atoms. The van der Waals surface area contributed by atoms with E-state index in [1.807, 2.05) is 0 Å². The fourth-order valence-electron chi connectivity index (χ4n) is 2.22. The predicted molar refractivity (Wildman–Crippen MR) is 112 cm³/mol. The molecule has 0 saturated heterocycles. The Morgan fingerprint density at radius 3 is 2.21 bits per heavy atom. The lowest BCUT2D eigenvalue weighted by Gasteiger charge is -2.16. The molecule has 17 heteroatoms. The molecule has 0 aliphatic heterocycles. The Bertz CT molecular complexity index is 969. The lowest BCUT2D eigenvalue weighted by molar-refractivity contribution is -0.137. The second-order valence-electron chi connectivity index (χ2n) is 6.49. The van der Waals surface area contributed by atoms with Gasteiger partial charge in [-0.3, -0.25) is 0 Å². The Hall–Kier alpha value is -1.27. The summed E-state index contributed by atoms with van der Waals surface area (Å²) in [6.07, 6.45) is -10.2. The largest absolute Gasteiger partial charge is 0.416 e. The molecule has 0 amide bonds. The first-order chi connectivity index (χ1) is 15.0. The summed E-state index contributed by atoms with van der Waals surface area (Å²) in [5, 5.41) is 7.40. The molecule has 33 heavy (non-hydrogen) atoms. The first kappa shape index (κ1) is 29.8. The molecule has 0 saturated carbocycles. The predicted octanol–water partition coefficient (Wildman–Crippen LogP) is 2.39. The molecule has 1 rings (SSSR count). The summed E-state index contributed by atoms with van der Waals surface area (Å²) >= 11 is 0.840. The van der Waals surface area contributed by atoms with Gasteiger partial charge >= 0.3 is 12.4 Å². The van der Waals surface area contributed by atoms with E-state index in [-0.39, 0.29) is 43.5 Å². The number of nitrogens with two attached hydrogens (primary N) is 1. The highest BCUT2D eigenvalue weighted by atomic mass is 32.2. The molecule has 0 unspecified atom stereocenters. The molecule has 0 radical (unpaired) electrons. The summed E-state index contributed by atoms with van der Waals surface area (Å²) in [6.45, 7) is -0.686. The maximum atomic E-state index is 13.1. The Kier molecular flexibility index (Phi) is 11.2. The molecule has 1 aromatic carbocycles. The molecule has 0 spiro atoms. The zero-order chi connectivity index (χ0) is 25.3. The Balaban J connectivity index is 2.79. The zero-order valence-corrected chi connectivity index (χ0v) is 19.4. The van der Waals surface area contributed by atoms with Crippen molar-refractivity contribution in [3.05, 3.63) is 23.8 Å². The normalized spacial score (nSPS) is 13.3. The van der Waals surface area contributed by atoms with Crippen molar-refractivity contribution in [3.63, 3.8) is 0 Å². The third kappa shape index (κ3) is 12.7. The van der Waals surface area contributed by atoms with Crippen LogP contribution in [0.2, 0.25) is 0 Å². The van der Waals surface area contributed by atoms with Crippen LogP contribution in [0.15, 0.2) is 23.1 Å². The van der Waals surface area contributed by atoms with E-state index in [2.05, 4.69) is 10.0 Å². The van der Waals surface area contributed by atoms with Crippen LogP contribution < -0.4 is 15.2 Å². The van der Waals surface area contributed by atoms with Crippen LogP contribution in [0.4, 0.5) is 32.0 Å². The van der Waals surface area contributed by atoms with Crippen LogP contribution in [0.25, 0.3) is 0 Å². The number of hydrogen-bond acceptors (Lipinski definition) is 7. The number of primary sulfonamides is 1. The molecule has 0 aliphatic carbocycles. The first-order valence-corrected chi connectivity index (χ1v) is 13.5. The maximum absolute atomic E-state index is 13.1. The first-order valence-electron chi connectivity index (χ1n) is 9.19. The molecule has 1 aromatic rings. The lowest BCUT2D eigenvalue weighted by atomic mass is 10.2. The number of rotatable bonds is 14. The minimum Gasteiger partial charge on any atom is -0.382 e. The smallest absolute Gasteiger partial charge is 0.382 e. The molecule has 4 N–H and O–H groups in total. The van der Waals surface area contributed by atoms with E-state index in [0.29, 0.717) is 12.1 Å². The lowest BCUT2D eigenvalue weighted by Crippen LogP contribution is -2.28. The number of hydrogen-bond donors (Lipinski definition) is 3. The van der Waals surface area contributed by atoms with E-state index in [1.54, 1.807) is 0 Å². The minimum absolute atomic E-state index is 0.0189. The highest BCUT2D eigenvalue weighted by molar-refractivity contribution is 7.99. The van der Waals surface area contributed by atoms with Crippen molar-refractivity contribution in [2.75, 3.05) is 48.9 Å². The third-order valence-electron chi connectivity index (χ3n) is 3.74. The van der Waals surface area contributed by atoms with E-state index in [9.17, 15) is 43.2 Å². The molecule has 8 nitrogen and oxygen atoms in total. The summed E-state index contributed by atoms with van der Waals surface area (Å²) < 4.78 is 129. The van der Waals surface area contributed by atoms with Gasteiger partial charge in [0.15, 0.2) is 0 Å². The molecule has 0 fully saturated rings. The van der Waals surface area contributed by atoms with E-state index in [1.165, 1.54) is 0 Å². The fourth-order valence-corrected chi connectivity index (χ4v) is 4.76. The summed E-state index contributed by atoms with van der Waals surface area (Å²) in [5.41, 5.74) is -1.38. The number of alkyl halides is 6. The highest BCUT2D eigenvalue weighted by Crippen LogP contribution is 2.33. The number of thioether (sulfide) groups is 1.